The molecule has 0 aliphatic carbocycles. The predicted octanol–water partition coefficient (Wildman–Crippen LogP) is -0.0257. The number of aromatic hydroxyl groups is 1. The minimum Gasteiger partial charge on any atom is -0.504 e. The Morgan fingerprint density at radius 3 is 2.27 bits per heavy atom. The van der Waals surface area contributed by atoms with Gasteiger partial charge in [-0.2, -0.15) is 0 Å². The number of carboxylic acids is 3. The van der Waals surface area contributed by atoms with Gasteiger partial charge in [-0.05, 0) is 23.8 Å². The minimum atomic E-state index is -3.47. The van der Waals surface area contributed by atoms with E-state index in [1.54, 1.807) is 0 Å². The summed E-state index contributed by atoms with van der Waals surface area (Å²) >= 11 is 0. The number of methoxy groups -OCH3 is 1. The molecule has 2 unspecified atom stereocenters. The summed E-state index contributed by atoms with van der Waals surface area (Å²) in [7, 11) is 1.28. The van der Waals surface area contributed by atoms with Crippen LogP contribution in [0.4, 0.5) is 0 Å². The average Bonchev–Trinajstić information content (AvgIpc) is 2.57. The average molecular weight is 368 g/mol. The Morgan fingerprint density at radius 2 is 1.81 bits per heavy atom. The zero-order valence-corrected chi connectivity index (χ0v) is 13.4. The van der Waals surface area contributed by atoms with Gasteiger partial charge in [0.05, 0.1) is 13.5 Å². The van der Waals surface area contributed by atoms with Gasteiger partial charge in [-0.25, -0.2) is 4.79 Å². The highest BCUT2D eigenvalue weighted by molar-refractivity contribution is 6.15. The van der Waals surface area contributed by atoms with Gasteiger partial charge in [0, 0.05) is 0 Å². The van der Waals surface area contributed by atoms with E-state index in [9.17, 15) is 29.4 Å². The summed E-state index contributed by atoms with van der Waals surface area (Å²) in [4.78, 5) is 45.4. The number of ether oxygens (including phenoxy) is 1. The Kier molecular flexibility index (Phi) is 6.45. The molecule has 10 heteroatoms. The van der Waals surface area contributed by atoms with E-state index in [1.165, 1.54) is 25.3 Å². The van der Waals surface area contributed by atoms with E-state index < -0.39 is 41.6 Å². The number of aliphatic carboxylic acids is 3. The number of aliphatic hydroxyl groups is 1. The molecule has 10 nitrogen and oxygen atoms in total. The number of carbonyl (C=O) groups is 4. The molecular formula is C16H16O10. The highest BCUT2D eigenvalue weighted by atomic mass is 16.5. The molecule has 140 valence electrons. The monoisotopic (exact) mass is 368 g/mol. The van der Waals surface area contributed by atoms with E-state index in [-0.39, 0.29) is 17.1 Å². The maximum atomic E-state index is 12.2. The van der Waals surface area contributed by atoms with Crippen molar-refractivity contribution in [1.29, 1.82) is 0 Å². The first-order valence-corrected chi connectivity index (χ1v) is 7.03. The van der Waals surface area contributed by atoms with Gasteiger partial charge in [0.2, 0.25) is 5.60 Å². The maximum Gasteiger partial charge on any atom is 0.344 e. The van der Waals surface area contributed by atoms with Crippen LogP contribution in [-0.2, 0) is 19.2 Å². The van der Waals surface area contributed by atoms with Crippen molar-refractivity contribution in [3.63, 3.8) is 0 Å². The topological polar surface area (TPSA) is 179 Å². The number of carbonyl (C=O) groups excluding carboxylic acids is 1. The van der Waals surface area contributed by atoms with Gasteiger partial charge >= 0.3 is 17.9 Å². The lowest BCUT2D eigenvalue weighted by atomic mass is 9.81. The first kappa shape index (κ1) is 20.6. The number of phenols is 1. The van der Waals surface area contributed by atoms with Crippen LogP contribution < -0.4 is 4.74 Å². The molecule has 1 aromatic carbocycles. The third-order valence-corrected chi connectivity index (χ3v) is 3.51. The van der Waals surface area contributed by atoms with Gasteiger partial charge in [-0.3, -0.25) is 14.4 Å². The summed E-state index contributed by atoms with van der Waals surface area (Å²) in [5.41, 5.74) is -3.20. The number of carboxylic acid groups (broad SMARTS) is 3. The van der Waals surface area contributed by atoms with Gasteiger partial charge in [0.1, 0.15) is 5.92 Å². The zero-order chi connectivity index (χ0) is 20.1. The molecule has 2 atom stereocenters. The Balaban J connectivity index is 3.24. The van der Waals surface area contributed by atoms with Crippen LogP contribution in [0.3, 0.4) is 0 Å². The van der Waals surface area contributed by atoms with Gasteiger partial charge in [0.15, 0.2) is 17.3 Å². The Morgan fingerprint density at radius 1 is 1.19 bits per heavy atom. The molecule has 0 heterocycles. The smallest absolute Gasteiger partial charge is 0.344 e. The normalized spacial score (nSPS) is 14.4. The summed E-state index contributed by atoms with van der Waals surface area (Å²) in [5.74, 6) is -9.89. The molecule has 0 bridgehead atoms. The van der Waals surface area contributed by atoms with E-state index in [0.29, 0.717) is 6.08 Å². The molecule has 0 fully saturated rings. The van der Waals surface area contributed by atoms with Crippen LogP contribution in [0.5, 0.6) is 11.5 Å². The van der Waals surface area contributed by atoms with Gasteiger partial charge in [0.25, 0.3) is 0 Å². The van der Waals surface area contributed by atoms with E-state index in [2.05, 4.69) is 0 Å². The number of ketones is 1. The van der Waals surface area contributed by atoms with Crippen molar-refractivity contribution in [1.82, 2.24) is 0 Å². The summed E-state index contributed by atoms with van der Waals surface area (Å²) in [6.07, 6.45) is 0.389. The molecule has 26 heavy (non-hydrogen) atoms. The lowest BCUT2D eigenvalue weighted by Gasteiger charge is -2.26. The van der Waals surface area contributed by atoms with Crippen LogP contribution in [0.25, 0.3) is 6.08 Å². The van der Waals surface area contributed by atoms with E-state index >= 15 is 0 Å². The second kappa shape index (κ2) is 8.12. The molecule has 0 aromatic heterocycles. The zero-order valence-electron chi connectivity index (χ0n) is 13.4. The first-order chi connectivity index (χ1) is 12.0. The van der Waals surface area contributed by atoms with Crippen LogP contribution in [0, 0.1) is 5.92 Å². The molecule has 0 radical (unpaired) electrons. The largest absolute Gasteiger partial charge is 0.504 e. The molecule has 0 saturated heterocycles. The van der Waals surface area contributed by atoms with Crippen LogP contribution in [0.2, 0.25) is 0 Å². The Bertz CT molecular complexity index is 766. The number of benzene rings is 1. The number of rotatable bonds is 9. The van der Waals surface area contributed by atoms with Crippen molar-refractivity contribution in [2.24, 2.45) is 5.92 Å². The van der Waals surface area contributed by atoms with Crippen LogP contribution in [0.1, 0.15) is 12.0 Å². The van der Waals surface area contributed by atoms with Crippen molar-refractivity contribution in [2.45, 2.75) is 12.0 Å². The van der Waals surface area contributed by atoms with Crippen molar-refractivity contribution in [3.05, 3.63) is 29.8 Å². The fraction of sp³-hybridized carbons (Fsp3) is 0.250. The molecule has 0 spiro atoms. The number of hydrogen-bond acceptors (Lipinski definition) is 7. The molecule has 0 saturated carbocycles. The van der Waals surface area contributed by atoms with Crippen molar-refractivity contribution >= 4 is 29.8 Å². The van der Waals surface area contributed by atoms with Gasteiger partial charge < -0.3 is 30.3 Å². The number of phenolic OH excluding ortho intramolecular Hbond substituents is 1. The fourth-order valence-corrected chi connectivity index (χ4v) is 2.11. The molecule has 1 aromatic rings. The number of hydrogen-bond donors (Lipinski definition) is 5. The molecular weight excluding hydrogens is 352 g/mol. The lowest BCUT2D eigenvalue weighted by molar-refractivity contribution is -0.179. The highest BCUT2D eigenvalue weighted by Crippen LogP contribution is 2.28. The summed E-state index contributed by atoms with van der Waals surface area (Å²) in [6, 6.07) is 3.87. The predicted molar refractivity (Wildman–Crippen MR) is 84.7 cm³/mol. The van der Waals surface area contributed by atoms with E-state index in [0.717, 1.165) is 6.08 Å². The molecule has 5 N–H and O–H groups in total. The third-order valence-electron chi connectivity index (χ3n) is 3.51. The van der Waals surface area contributed by atoms with Gasteiger partial charge in [-0.1, -0.05) is 12.1 Å². The summed E-state index contributed by atoms with van der Waals surface area (Å²) in [6.45, 7) is 0. The highest BCUT2D eigenvalue weighted by Gasteiger charge is 2.54. The quantitative estimate of drug-likeness (QED) is 0.293. The van der Waals surface area contributed by atoms with Crippen LogP contribution >= 0.6 is 0 Å². The fourth-order valence-electron chi connectivity index (χ4n) is 2.11. The SMILES string of the molecule is COc1cc(/C=C/C(=O)C(O)(C(=O)O)C(CC(=O)O)C(=O)O)ccc1O. The third kappa shape index (κ3) is 4.36. The summed E-state index contributed by atoms with van der Waals surface area (Å²) < 4.78 is 4.86. The lowest BCUT2D eigenvalue weighted by Crippen LogP contribution is -2.55. The Labute approximate surface area is 146 Å². The van der Waals surface area contributed by atoms with Crippen LogP contribution in [0.15, 0.2) is 24.3 Å². The molecule has 1 rings (SSSR count). The maximum absolute atomic E-state index is 12.2. The van der Waals surface area contributed by atoms with Crippen molar-refractivity contribution < 1.29 is 49.4 Å². The van der Waals surface area contributed by atoms with Crippen LogP contribution in [-0.4, -0.2) is 61.9 Å². The second-order valence-electron chi connectivity index (χ2n) is 5.19. The van der Waals surface area contributed by atoms with E-state index in [4.69, 9.17) is 20.1 Å². The molecule has 0 amide bonds. The standard InChI is InChI=1S/C16H16O10/c1-26-11-6-8(2-4-10(11)17)3-5-12(18)16(25,15(23)24)9(14(21)22)7-13(19)20/h2-6,9,17,25H,7H2,1H3,(H,19,20)(H,21,22)(H,23,24)/b5-3+. The Hall–Kier alpha value is -3.40. The minimum absolute atomic E-state index is 0.0578. The van der Waals surface area contributed by atoms with Crippen molar-refractivity contribution in [2.75, 3.05) is 7.11 Å². The molecule has 0 aliphatic heterocycles. The first-order valence-electron chi connectivity index (χ1n) is 7.03. The van der Waals surface area contributed by atoms with Gasteiger partial charge in [-0.15, -0.1) is 0 Å². The summed E-state index contributed by atoms with van der Waals surface area (Å²) in [5, 5.41) is 46.5. The molecule has 0 aliphatic rings. The van der Waals surface area contributed by atoms with E-state index in [1.807, 2.05) is 0 Å². The van der Waals surface area contributed by atoms with Crippen molar-refractivity contribution in [3.8, 4) is 11.5 Å². The second-order valence-corrected chi connectivity index (χ2v) is 5.19.